The molecule has 0 fully saturated rings. The van der Waals surface area contributed by atoms with E-state index in [1.165, 1.54) is 33.5 Å². The predicted octanol–water partition coefficient (Wildman–Crippen LogP) is 1.37. The molecule has 0 unspecified atom stereocenters. The molecule has 1 aromatic carbocycles. The number of aliphatic carboxylic acids is 1. The van der Waals surface area contributed by atoms with Crippen molar-refractivity contribution in [3.8, 4) is 17.2 Å². The summed E-state index contributed by atoms with van der Waals surface area (Å²) in [5.74, 6) is -0.899. The van der Waals surface area contributed by atoms with Crippen LogP contribution in [0.2, 0.25) is 0 Å². The molecular formula is C12H14O6. The van der Waals surface area contributed by atoms with Crippen LogP contribution in [0.15, 0.2) is 12.1 Å². The van der Waals surface area contributed by atoms with Gasteiger partial charge in [0.25, 0.3) is 0 Å². The van der Waals surface area contributed by atoms with E-state index in [2.05, 4.69) is 0 Å². The maximum Gasteiger partial charge on any atom is 0.311 e. The fraction of sp³-hybridized carbons (Fsp3) is 0.333. The van der Waals surface area contributed by atoms with E-state index in [0.29, 0.717) is 5.75 Å². The summed E-state index contributed by atoms with van der Waals surface area (Å²) in [6.45, 7) is 0. The lowest BCUT2D eigenvalue weighted by Crippen LogP contribution is -2.10. The van der Waals surface area contributed by atoms with Crippen molar-refractivity contribution in [2.24, 2.45) is 0 Å². The zero-order valence-corrected chi connectivity index (χ0v) is 10.4. The Morgan fingerprint density at radius 1 is 1.06 bits per heavy atom. The maximum absolute atomic E-state index is 11.8. The number of carboxylic acid groups (broad SMARTS) is 1. The van der Waals surface area contributed by atoms with Crippen LogP contribution in [0.3, 0.4) is 0 Å². The van der Waals surface area contributed by atoms with E-state index in [-0.39, 0.29) is 17.1 Å². The van der Waals surface area contributed by atoms with Gasteiger partial charge in [-0.05, 0) is 0 Å². The maximum atomic E-state index is 11.8. The third kappa shape index (κ3) is 2.91. The van der Waals surface area contributed by atoms with Gasteiger partial charge < -0.3 is 19.3 Å². The quantitative estimate of drug-likeness (QED) is 0.610. The van der Waals surface area contributed by atoms with Crippen molar-refractivity contribution in [3.63, 3.8) is 0 Å². The number of Topliss-reactive ketones (excluding diaryl/α,β-unsaturated/α-hetero) is 1. The second-order valence-electron chi connectivity index (χ2n) is 3.40. The smallest absolute Gasteiger partial charge is 0.311 e. The lowest BCUT2D eigenvalue weighted by atomic mass is 10.1. The van der Waals surface area contributed by atoms with Crippen LogP contribution in [0.5, 0.6) is 17.2 Å². The summed E-state index contributed by atoms with van der Waals surface area (Å²) in [5, 5.41) is 8.65. The second kappa shape index (κ2) is 5.90. The highest BCUT2D eigenvalue weighted by atomic mass is 16.5. The molecule has 0 amide bonds. The van der Waals surface area contributed by atoms with Gasteiger partial charge in [0.05, 0.1) is 21.3 Å². The summed E-state index contributed by atoms with van der Waals surface area (Å²) in [5.41, 5.74) is 0.100. The van der Waals surface area contributed by atoms with E-state index in [9.17, 15) is 9.59 Å². The number of carbonyl (C=O) groups excluding carboxylic acids is 1. The summed E-state index contributed by atoms with van der Waals surface area (Å²) in [6.07, 6.45) is -0.626. The molecule has 98 valence electrons. The molecule has 0 heterocycles. The van der Waals surface area contributed by atoms with Gasteiger partial charge in [-0.25, -0.2) is 0 Å². The Kier molecular flexibility index (Phi) is 4.53. The molecule has 0 spiro atoms. The van der Waals surface area contributed by atoms with E-state index < -0.39 is 18.2 Å². The highest BCUT2D eigenvalue weighted by Crippen LogP contribution is 2.34. The number of carbonyl (C=O) groups is 2. The molecule has 6 nitrogen and oxygen atoms in total. The van der Waals surface area contributed by atoms with Gasteiger partial charge in [0.1, 0.15) is 29.2 Å². The first-order chi connectivity index (χ1) is 8.53. The first-order valence-corrected chi connectivity index (χ1v) is 5.08. The SMILES string of the molecule is COc1cc(OC)c(C(=O)CC(=O)O)c(OC)c1. The van der Waals surface area contributed by atoms with Gasteiger partial charge in [-0.15, -0.1) is 0 Å². The molecule has 0 aromatic heterocycles. The van der Waals surface area contributed by atoms with E-state index in [1.54, 1.807) is 0 Å². The van der Waals surface area contributed by atoms with Gasteiger partial charge in [-0.1, -0.05) is 0 Å². The Morgan fingerprint density at radius 3 is 1.89 bits per heavy atom. The van der Waals surface area contributed by atoms with Crippen LogP contribution in [-0.4, -0.2) is 38.2 Å². The minimum atomic E-state index is -1.21. The Labute approximate surface area is 104 Å². The van der Waals surface area contributed by atoms with Gasteiger partial charge in [0, 0.05) is 12.1 Å². The van der Waals surface area contributed by atoms with Gasteiger partial charge >= 0.3 is 5.97 Å². The van der Waals surface area contributed by atoms with Crippen molar-refractivity contribution < 1.29 is 28.9 Å². The van der Waals surface area contributed by atoms with Crippen LogP contribution in [-0.2, 0) is 4.79 Å². The zero-order chi connectivity index (χ0) is 13.7. The van der Waals surface area contributed by atoms with Crippen molar-refractivity contribution in [2.45, 2.75) is 6.42 Å². The lowest BCUT2D eigenvalue weighted by molar-refractivity contribution is -0.135. The van der Waals surface area contributed by atoms with E-state index in [1.807, 2.05) is 0 Å². The highest BCUT2D eigenvalue weighted by molar-refractivity contribution is 6.09. The van der Waals surface area contributed by atoms with Gasteiger partial charge in [-0.3, -0.25) is 9.59 Å². The van der Waals surface area contributed by atoms with Crippen LogP contribution >= 0.6 is 0 Å². The van der Waals surface area contributed by atoms with E-state index in [4.69, 9.17) is 19.3 Å². The molecule has 6 heteroatoms. The molecule has 0 aliphatic heterocycles. The van der Waals surface area contributed by atoms with Crippen molar-refractivity contribution in [1.29, 1.82) is 0 Å². The first-order valence-electron chi connectivity index (χ1n) is 5.08. The number of rotatable bonds is 6. The largest absolute Gasteiger partial charge is 0.496 e. The number of hydrogen-bond acceptors (Lipinski definition) is 5. The number of ketones is 1. The first kappa shape index (κ1) is 13.8. The Bertz CT molecular complexity index is 441. The fourth-order valence-corrected chi connectivity index (χ4v) is 1.51. The van der Waals surface area contributed by atoms with E-state index in [0.717, 1.165) is 0 Å². The number of carboxylic acids is 1. The van der Waals surface area contributed by atoms with Crippen molar-refractivity contribution >= 4 is 11.8 Å². The Balaban J connectivity index is 3.30. The van der Waals surface area contributed by atoms with Gasteiger partial charge in [0.2, 0.25) is 0 Å². The van der Waals surface area contributed by atoms with Crippen LogP contribution < -0.4 is 14.2 Å². The number of methoxy groups -OCH3 is 3. The number of hydrogen-bond donors (Lipinski definition) is 1. The third-order valence-corrected chi connectivity index (χ3v) is 2.31. The minimum Gasteiger partial charge on any atom is -0.496 e. The van der Waals surface area contributed by atoms with Gasteiger partial charge in [-0.2, -0.15) is 0 Å². The summed E-state index contributed by atoms with van der Waals surface area (Å²) < 4.78 is 15.1. The molecule has 0 aliphatic rings. The molecule has 1 aromatic rings. The second-order valence-corrected chi connectivity index (χ2v) is 3.40. The summed E-state index contributed by atoms with van der Waals surface area (Å²) in [6, 6.07) is 3.00. The lowest BCUT2D eigenvalue weighted by Gasteiger charge is -2.13. The van der Waals surface area contributed by atoms with Crippen LogP contribution in [0.25, 0.3) is 0 Å². The molecule has 18 heavy (non-hydrogen) atoms. The Morgan fingerprint density at radius 2 is 1.56 bits per heavy atom. The summed E-state index contributed by atoms with van der Waals surface area (Å²) in [4.78, 5) is 22.4. The standard InChI is InChI=1S/C12H14O6/c1-16-7-4-9(17-2)12(10(5-7)18-3)8(13)6-11(14)15/h4-5H,6H2,1-3H3,(H,14,15). The summed E-state index contributed by atoms with van der Waals surface area (Å²) >= 11 is 0. The molecule has 0 aliphatic carbocycles. The molecular weight excluding hydrogens is 240 g/mol. The van der Waals surface area contributed by atoms with Crippen molar-refractivity contribution in [1.82, 2.24) is 0 Å². The number of benzene rings is 1. The van der Waals surface area contributed by atoms with Gasteiger partial charge in [0.15, 0.2) is 5.78 Å². The molecule has 0 bridgehead atoms. The minimum absolute atomic E-state index is 0.100. The van der Waals surface area contributed by atoms with Crippen LogP contribution in [0.4, 0.5) is 0 Å². The van der Waals surface area contributed by atoms with E-state index >= 15 is 0 Å². The van der Waals surface area contributed by atoms with Crippen molar-refractivity contribution in [2.75, 3.05) is 21.3 Å². The Hall–Kier alpha value is -2.24. The average molecular weight is 254 g/mol. The van der Waals surface area contributed by atoms with Crippen LogP contribution in [0.1, 0.15) is 16.8 Å². The topological polar surface area (TPSA) is 82.1 Å². The van der Waals surface area contributed by atoms with Crippen molar-refractivity contribution in [3.05, 3.63) is 17.7 Å². The molecule has 1 N–H and O–H groups in total. The third-order valence-electron chi connectivity index (χ3n) is 2.31. The molecule has 0 saturated heterocycles. The molecule has 0 saturated carbocycles. The molecule has 0 radical (unpaired) electrons. The monoisotopic (exact) mass is 254 g/mol. The van der Waals surface area contributed by atoms with Crippen LogP contribution in [0, 0.1) is 0 Å². The predicted molar refractivity (Wildman–Crippen MR) is 62.7 cm³/mol. The number of ether oxygens (including phenoxy) is 3. The molecule has 0 atom stereocenters. The fourth-order valence-electron chi connectivity index (χ4n) is 1.51. The summed E-state index contributed by atoms with van der Waals surface area (Å²) in [7, 11) is 4.23. The average Bonchev–Trinajstić information content (AvgIpc) is 2.35. The highest BCUT2D eigenvalue weighted by Gasteiger charge is 2.22. The molecule has 1 rings (SSSR count). The normalized spacial score (nSPS) is 9.72. The zero-order valence-electron chi connectivity index (χ0n) is 10.4.